The Balaban J connectivity index is 1.12. The summed E-state index contributed by atoms with van der Waals surface area (Å²) < 4.78 is 0. The van der Waals surface area contributed by atoms with Gasteiger partial charge in [-0.3, -0.25) is 9.59 Å². The molecule has 0 bridgehead atoms. The summed E-state index contributed by atoms with van der Waals surface area (Å²) in [6.45, 7) is 5.90. The fraction of sp³-hybridized carbons (Fsp3) is 0.778. The molecule has 4 aliphatic rings. The van der Waals surface area contributed by atoms with Gasteiger partial charge in [-0.1, -0.05) is 19.3 Å². The fourth-order valence-electron chi connectivity index (χ4n) is 6.73. The van der Waals surface area contributed by atoms with Crippen molar-refractivity contribution in [1.82, 2.24) is 14.7 Å². The maximum absolute atomic E-state index is 13.4. The van der Waals surface area contributed by atoms with Crippen molar-refractivity contribution in [3.8, 4) is 0 Å². The third-order valence-corrected chi connectivity index (χ3v) is 9.81. The van der Waals surface area contributed by atoms with Gasteiger partial charge >= 0.3 is 0 Å². The molecule has 33 heavy (non-hydrogen) atoms. The molecule has 2 atom stereocenters. The highest BCUT2D eigenvalue weighted by atomic mass is 32.1. The van der Waals surface area contributed by atoms with E-state index in [1.165, 1.54) is 56.2 Å². The first-order valence-corrected chi connectivity index (χ1v) is 14.5. The molecule has 4 heterocycles. The van der Waals surface area contributed by atoms with Gasteiger partial charge in [0.2, 0.25) is 5.91 Å². The number of amides is 2. The van der Waals surface area contributed by atoms with E-state index in [0.29, 0.717) is 24.3 Å². The Morgan fingerprint density at radius 3 is 2.42 bits per heavy atom. The van der Waals surface area contributed by atoms with E-state index < -0.39 is 0 Å². The van der Waals surface area contributed by atoms with Gasteiger partial charge < -0.3 is 14.7 Å². The molecule has 6 heteroatoms. The van der Waals surface area contributed by atoms with Gasteiger partial charge in [-0.2, -0.15) is 0 Å². The number of hydrogen-bond donors (Lipinski definition) is 0. The smallest absolute Gasteiger partial charge is 0.254 e. The van der Waals surface area contributed by atoms with E-state index in [2.05, 4.69) is 26.1 Å². The molecule has 0 aromatic carbocycles. The second kappa shape index (κ2) is 10.9. The summed E-state index contributed by atoms with van der Waals surface area (Å²) in [5.41, 5.74) is 0.904. The van der Waals surface area contributed by atoms with Crippen LogP contribution >= 0.6 is 11.3 Å². The number of rotatable bonds is 5. The van der Waals surface area contributed by atoms with Crippen molar-refractivity contribution in [2.24, 2.45) is 5.92 Å². The Morgan fingerprint density at radius 2 is 1.61 bits per heavy atom. The molecule has 4 fully saturated rings. The first-order valence-electron chi connectivity index (χ1n) is 13.6. The van der Waals surface area contributed by atoms with Crippen LogP contribution in [0.3, 0.4) is 0 Å². The van der Waals surface area contributed by atoms with E-state index in [-0.39, 0.29) is 5.91 Å². The number of fused-ring (bicyclic) bond motifs is 1. The number of nitrogens with zero attached hydrogens (tertiary/aromatic N) is 3. The average molecular weight is 472 g/mol. The van der Waals surface area contributed by atoms with E-state index in [4.69, 9.17) is 0 Å². The zero-order chi connectivity index (χ0) is 22.6. The molecule has 2 amide bonds. The Kier molecular flexibility index (Phi) is 7.71. The molecule has 1 saturated carbocycles. The van der Waals surface area contributed by atoms with Crippen molar-refractivity contribution >= 4 is 23.2 Å². The van der Waals surface area contributed by atoms with Crippen LogP contribution in [0.1, 0.15) is 98.2 Å². The molecule has 1 aromatic heterocycles. The zero-order valence-electron chi connectivity index (χ0n) is 20.2. The Morgan fingerprint density at radius 1 is 0.848 bits per heavy atom. The molecule has 182 valence electrons. The molecule has 0 radical (unpaired) electrons. The minimum atomic E-state index is 0.263. The van der Waals surface area contributed by atoms with Crippen LogP contribution in [0.2, 0.25) is 0 Å². The van der Waals surface area contributed by atoms with Gasteiger partial charge in [0.15, 0.2) is 0 Å². The molecule has 0 unspecified atom stereocenters. The Labute approximate surface area is 203 Å². The van der Waals surface area contributed by atoms with E-state index >= 15 is 0 Å². The predicted octanol–water partition coefficient (Wildman–Crippen LogP) is 5.12. The van der Waals surface area contributed by atoms with Crippen molar-refractivity contribution < 1.29 is 9.59 Å². The summed E-state index contributed by atoms with van der Waals surface area (Å²) in [6, 6.07) is 2.65. The number of hydrogen-bond acceptors (Lipinski definition) is 4. The molecule has 1 aliphatic carbocycles. The third kappa shape index (κ3) is 5.48. The summed E-state index contributed by atoms with van der Waals surface area (Å²) in [4.78, 5) is 34.2. The van der Waals surface area contributed by atoms with Crippen molar-refractivity contribution in [3.63, 3.8) is 0 Å². The number of thiophene rings is 1. The molecule has 1 aromatic rings. The van der Waals surface area contributed by atoms with Crippen LogP contribution < -0.4 is 0 Å². The van der Waals surface area contributed by atoms with Crippen LogP contribution in [-0.4, -0.2) is 71.8 Å². The first kappa shape index (κ1) is 23.3. The zero-order valence-corrected chi connectivity index (χ0v) is 21.0. The summed E-state index contributed by atoms with van der Waals surface area (Å²) in [5, 5.41) is 2.10. The lowest BCUT2D eigenvalue weighted by Crippen LogP contribution is -2.49. The third-order valence-electron chi connectivity index (χ3n) is 8.71. The van der Waals surface area contributed by atoms with Gasteiger partial charge in [0.1, 0.15) is 0 Å². The lowest BCUT2D eigenvalue weighted by molar-refractivity contribution is -0.132. The van der Waals surface area contributed by atoms with Crippen LogP contribution in [0.15, 0.2) is 11.4 Å². The second-order valence-electron chi connectivity index (χ2n) is 10.8. The second-order valence-corrected chi connectivity index (χ2v) is 11.7. The molecule has 0 N–H and O–H groups in total. The van der Waals surface area contributed by atoms with E-state index in [1.807, 2.05) is 0 Å². The molecule has 0 spiro atoms. The summed E-state index contributed by atoms with van der Waals surface area (Å²) in [7, 11) is 0. The van der Waals surface area contributed by atoms with Crippen molar-refractivity contribution in [2.75, 3.05) is 39.3 Å². The highest BCUT2D eigenvalue weighted by Gasteiger charge is 2.36. The largest absolute Gasteiger partial charge is 0.343 e. The number of carbonyl (C=O) groups excluding carboxylic acids is 2. The van der Waals surface area contributed by atoms with Gasteiger partial charge in [0, 0.05) is 48.9 Å². The molecule has 3 aliphatic heterocycles. The van der Waals surface area contributed by atoms with E-state index in [9.17, 15) is 9.59 Å². The average Bonchev–Trinajstić information content (AvgIpc) is 3.38. The van der Waals surface area contributed by atoms with E-state index in [0.717, 1.165) is 70.0 Å². The van der Waals surface area contributed by atoms with Crippen LogP contribution in [-0.2, 0) is 4.79 Å². The van der Waals surface area contributed by atoms with Gasteiger partial charge in [-0.15, -0.1) is 11.3 Å². The lowest BCUT2D eigenvalue weighted by Gasteiger charge is -2.44. The summed E-state index contributed by atoms with van der Waals surface area (Å²) in [6.07, 6.45) is 14.2. The minimum Gasteiger partial charge on any atom is -0.343 e. The van der Waals surface area contributed by atoms with Crippen LogP contribution in [0.4, 0.5) is 0 Å². The highest BCUT2D eigenvalue weighted by Crippen LogP contribution is 2.37. The maximum atomic E-state index is 13.4. The number of piperidine rings is 3. The fourth-order valence-corrected chi connectivity index (χ4v) is 7.79. The Hall–Kier alpha value is -1.40. The first-order chi connectivity index (χ1) is 16.2. The van der Waals surface area contributed by atoms with Gasteiger partial charge in [-0.05, 0) is 82.4 Å². The SMILES string of the molecule is O=C(CCN1CCCCC1)N1CCC(c2cc(C(=O)N3CCC[C@@H]4CCCC[C@@H]43)cs2)CC1. The minimum absolute atomic E-state index is 0.263. The topological polar surface area (TPSA) is 43.9 Å². The standard InChI is InChI=1S/C27H41N3O2S/c31-26(12-16-28-13-4-1-5-14-28)29-17-10-22(11-18-29)25-19-23(20-33-25)27(32)30-15-6-8-21-7-2-3-9-24(21)30/h19-22,24H,1-18H2/t21-,24-/m0/s1. The van der Waals surface area contributed by atoms with E-state index in [1.54, 1.807) is 11.3 Å². The van der Waals surface area contributed by atoms with Crippen LogP contribution in [0.5, 0.6) is 0 Å². The molecular formula is C27H41N3O2S. The van der Waals surface area contributed by atoms with Crippen molar-refractivity contribution in [1.29, 1.82) is 0 Å². The van der Waals surface area contributed by atoms with Crippen molar-refractivity contribution in [3.05, 3.63) is 21.9 Å². The van der Waals surface area contributed by atoms with Gasteiger partial charge in [-0.25, -0.2) is 0 Å². The van der Waals surface area contributed by atoms with Gasteiger partial charge in [0.25, 0.3) is 5.91 Å². The predicted molar refractivity (Wildman–Crippen MR) is 134 cm³/mol. The lowest BCUT2D eigenvalue weighted by atomic mass is 9.78. The summed E-state index contributed by atoms with van der Waals surface area (Å²) >= 11 is 1.76. The molecule has 5 nitrogen and oxygen atoms in total. The van der Waals surface area contributed by atoms with Crippen LogP contribution in [0, 0.1) is 5.92 Å². The molecular weight excluding hydrogens is 430 g/mol. The Bertz CT molecular complexity index is 808. The highest BCUT2D eigenvalue weighted by molar-refractivity contribution is 7.10. The van der Waals surface area contributed by atoms with Gasteiger partial charge in [0.05, 0.1) is 5.56 Å². The quantitative estimate of drug-likeness (QED) is 0.598. The summed E-state index contributed by atoms with van der Waals surface area (Å²) in [5.74, 6) is 1.81. The van der Waals surface area contributed by atoms with Crippen LogP contribution in [0.25, 0.3) is 0 Å². The maximum Gasteiger partial charge on any atom is 0.254 e. The number of carbonyl (C=O) groups is 2. The van der Waals surface area contributed by atoms with Crippen molar-refractivity contribution in [2.45, 2.75) is 89.0 Å². The monoisotopic (exact) mass is 471 g/mol. The number of likely N-dealkylation sites (tertiary alicyclic amines) is 3. The molecule has 3 saturated heterocycles. The molecule has 5 rings (SSSR count). The normalized spacial score (nSPS) is 27.4.